The predicted octanol–water partition coefficient (Wildman–Crippen LogP) is 2.15. The molecule has 0 saturated heterocycles. The Kier molecular flexibility index (Phi) is 5.19. The fourth-order valence-corrected chi connectivity index (χ4v) is 1.95. The van der Waals surface area contributed by atoms with E-state index in [0.29, 0.717) is 18.7 Å². The average molecular weight is 301 g/mol. The largest absolute Gasteiger partial charge is 0.352 e. The normalized spacial score (nSPS) is 10.1. The third-order valence-electron chi connectivity index (χ3n) is 2.98. The van der Waals surface area contributed by atoms with E-state index in [0.717, 1.165) is 11.6 Å². The lowest BCUT2D eigenvalue weighted by Gasteiger charge is -2.08. The molecule has 1 heterocycles. The number of amides is 2. The molecule has 5 nitrogen and oxygen atoms in total. The SMILES string of the molecule is CC(=O)Nc1ccc(F)c(C(=O)NCCc2ccncc2)c1. The Morgan fingerprint density at radius 1 is 1.18 bits per heavy atom. The Morgan fingerprint density at radius 2 is 1.91 bits per heavy atom. The molecule has 2 N–H and O–H groups in total. The highest BCUT2D eigenvalue weighted by Gasteiger charge is 2.12. The Hall–Kier alpha value is -2.76. The van der Waals surface area contributed by atoms with Gasteiger partial charge in [-0.2, -0.15) is 0 Å². The molecule has 2 amide bonds. The first-order valence-corrected chi connectivity index (χ1v) is 6.80. The first-order chi connectivity index (χ1) is 10.6. The van der Waals surface area contributed by atoms with Gasteiger partial charge in [0, 0.05) is 31.5 Å². The molecule has 0 spiro atoms. The van der Waals surface area contributed by atoms with Crippen molar-refractivity contribution in [1.82, 2.24) is 10.3 Å². The number of carbonyl (C=O) groups is 2. The van der Waals surface area contributed by atoms with Crippen molar-refractivity contribution < 1.29 is 14.0 Å². The molecule has 0 aliphatic rings. The summed E-state index contributed by atoms with van der Waals surface area (Å²) in [7, 11) is 0. The summed E-state index contributed by atoms with van der Waals surface area (Å²) in [6.07, 6.45) is 3.97. The predicted molar refractivity (Wildman–Crippen MR) is 81.0 cm³/mol. The summed E-state index contributed by atoms with van der Waals surface area (Å²) in [4.78, 5) is 26.9. The molecule has 0 radical (unpaired) electrons. The summed E-state index contributed by atoms with van der Waals surface area (Å²) < 4.78 is 13.7. The summed E-state index contributed by atoms with van der Waals surface area (Å²) in [6.45, 7) is 1.73. The third kappa shape index (κ3) is 4.37. The topological polar surface area (TPSA) is 71.1 Å². The van der Waals surface area contributed by atoms with Crippen molar-refractivity contribution in [1.29, 1.82) is 0 Å². The number of hydrogen-bond acceptors (Lipinski definition) is 3. The Labute approximate surface area is 127 Å². The number of pyridine rings is 1. The van der Waals surface area contributed by atoms with Crippen LogP contribution in [0.15, 0.2) is 42.7 Å². The van der Waals surface area contributed by atoms with Crippen LogP contribution < -0.4 is 10.6 Å². The van der Waals surface area contributed by atoms with Crippen molar-refractivity contribution in [3.05, 3.63) is 59.7 Å². The van der Waals surface area contributed by atoms with Gasteiger partial charge in [-0.25, -0.2) is 4.39 Å². The molecule has 2 rings (SSSR count). The first-order valence-electron chi connectivity index (χ1n) is 6.80. The lowest BCUT2D eigenvalue weighted by atomic mass is 10.1. The van der Waals surface area contributed by atoms with E-state index in [-0.39, 0.29) is 11.5 Å². The third-order valence-corrected chi connectivity index (χ3v) is 2.98. The molecular weight excluding hydrogens is 285 g/mol. The molecule has 0 aliphatic heterocycles. The lowest BCUT2D eigenvalue weighted by molar-refractivity contribution is -0.114. The average Bonchev–Trinajstić information content (AvgIpc) is 2.49. The maximum absolute atomic E-state index is 13.7. The van der Waals surface area contributed by atoms with Crippen LogP contribution in [-0.2, 0) is 11.2 Å². The number of aromatic nitrogens is 1. The Bertz CT molecular complexity index is 674. The minimum absolute atomic E-state index is 0.0963. The van der Waals surface area contributed by atoms with Crippen LogP contribution in [0.4, 0.5) is 10.1 Å². The molecule has 0 unspecified atom stereocenters. The summed E-state index contributed by atoms with van der Waals surface area (Å²) in [5, 5.41) is 5.17. The molecule has 0 aliphatic carbocycles. The van der Waals surface area contributed by atoms with E-state index in [4.69, 9.17) is 0 Å². The van der Waals surface area contributed by atoms with Gasteiger partial charge in [0.1, 0.15) is 5.82 Å². The van der Waals surface area contributed by atoms with Crippen LogP contribution in [0.3, 0.4) is 0 Å². The second-order valence-electron chi connectivity index (χ2n) is 4.74. The van der Waals surface area contributed by atoms with Gasteiger partial charge in [-0.3, -0.25) is 14.6 Å². The molecule has 0 bridgehead atoms. The molecule has 1 aromatic heterocycles. The van der Waals surface area contributed by atoms with Crippen molar-refractivity contribution in [3.63, 3.8) is 0 Å². The highest BCUT2D eigenvalue weighted by atomic mass is 19.1. The van der Waals surface area contributed by atoms with E-state index < -0.39 is 11.7 Å². The van der Waals surface area contributed by atoms with E-state index in [9.17, 15) is 14.0 Å². The van der Waals surface area contributed by atoms with Gasteiger partial charge < -0.3 is 10.6 Å². The molecule has 6 heteroatoms. The van der Waals surface area contributed by atoms with Crippen LogP contribution in [0.1, 0.15) is 22.8 Å². The number of halogens is 1. The first kappa shape index (κ1) is 15.6. The van der Waals surface area contributed by atoms with Gasteiger partial charge >= 0.3 is 0 Å². The summed E-state index contributed by atoms with van der Waals surface area (Å²) in [5.41, 5.74) is 1.32. The fourth-order valence-electron chi connectivity index (χ4n) is 1.95. The van der Waals surface area contributed by atoms with Crippen LogP contribution in [0, 0.1) is 5.82 Å². The molecule has 0 saturated carbocycles. The smallest absolute Gasteiger partial charge is 0.254 e. The highest BCUT2D eigenvalue weighted by molar-refractivity contribution is 5.97. The molecular formula is C16H16FN3O2. The van der Waals surface area contributed by atoms with Crippen LogP contribution in [0.2, 0.25) is 0 Å². The second-order valence-corrected chi connectivity index (χ2v) is 4.74. The minimum Gasteiger partial charge on any atom is -0.352 e. The van der Waals surface area contributed by atoms with Gasteiger partial charge in [0.2, 0.25) is 5.91 Å². The fraction of sp³-hybridized carbons (Fsp3) is 0.188. The van der Waals surface area contributed by atoms with E-state index in [1.807, 2.05) is 12.1 Å². The van der Waals surface area contributed by atoms with Gasteiger partial charge in [0.15, 0.2) is 0 Å². The van der Waals surface area contributed by atoms with Crippen molar-refractivity contribution in [2.24, 2.45) is 0 Å². The van der Waals surface area contributed by atoms with Crippen molar-refractivity contribution in [2.45, 2.75) is 13.3 Å². The van der Waals surface area contributed by atoms with E-state index in [1.165, 1.54) is 19.1 Å². The summed E-state index contributed by atoms with van der Waals surface area (Å²) >= 11 is 0. The zero-order valence-corrected chi connectivity index (χ0v) is 12.1. The van der Waals surface area contributed by atoms with Crippen LogP contribution in [-0.4, -0.2) is 23.3 Å². The van der Waals surface area contributed by atoms with Crippen molar-refractivity contribution in [3.8, 4) is 0 Å². The van der Waals surface area contributed by atoms with Crippen LogP contribution >= 0.6 is 0 Å². The number of anilines is 1. The van der Waals surface area contributed by atoms with Crippen molar-refractivity contribution >= 4 is 17.5 Å². The monoisotopic (exact) mass is 301 g/mol. The van der Waals surface area contributed by atoms with E-state index in [1.54, 1.807) is 12.4 Å². The minimum atomic E-state index is -0.629. The zero-order valence-electron chi connectivity index (χ0n) is 12.1. The number of benzene rings is 1. The summed E-state index contributed by atoms with van der Waals surface area (Å²) in [5.74, 6) is -1.43. The number of nitrogens with one attached hydrogen (secondary N) is 2. The number of carbonyl (C=O) groups excluding carboxylic acids is 2. The Morgan fingerprint density at radius 3 is 2.59 bits per heavy atom. The van der Waals surface area contributed by atoms with Gasteiger partial charge in [-0.05, 0) is 42.3 Å². The van der Waals surface area contributed by atoms with Gasteiger partial charge in [-0.15, -0.1) is 0 Å². The maximum atomic E-state index is 13.7. The van der Waals surface area contributed by atoms with Gasteiger partial charge in [0.05, 0.1) is 5.56 Å². The van der Waals surface area contributed by atoms with Crippen LogP contribution in [0.25, 0.3) is 0 Å². The molecule has 22 heavy (non-hydrogen) atoms. The molecule has 1 aromatic carbocycles. The zero-order chi connectivity index (χ0) is 15.9. The maximum Gasteiger partial charge on any atom is 0.254 e. The van der Waals surface area contributed by atoms with Crippen molar-refractivity contribution in [2.75, 3.05) is 11.9 Å². The Balaban J connectivity index is 1.98. The number of nitrogens with zero attached hydrogens (tertiary/aromatic N) is 1. The lowest BCUT2D eigenvalue weighted by Crippen LogP contribution is -2.26. The molecule has 114 valence electrons. The summed E-state index contributed by atoms with van der Waals surface area (Å²) in [6, 6.07) is 7.58. The number of hydrogen-bond donors (Lipinski definition) is 2. The van der Waals surface area contributed by atoms with Crippen LogP contribution in [0.5, 0.6) is 0 Å². The second kappa shape index (κ2) is 7.31. The van der Waals surface area contributed by atoms with Gasteiger partial charge in [0.25, 0.3) is 5.91 Å². The quantitative estimate of drug-likeness (QED) is 0.889. The van der Waals surface area contributed by atoms with E-state index >= 15 is 0 Å². The standard InChI is InChI=1S/C16H16FN3O2/c1-11(21)20-13-2-3-15(17)14(10-13)16(22)19-9-6-12-4-7-18-8-5-12/h2-5,7-8,10H,6,9H2,1H3,(H,19,22)(H,20,21). The highest BCUT2D eigenvalue weighted by Crippen LogP contribution is 2.14. The molecule has 2 aromatic rings. The molecule has 0 fully saturated rings. The van der Waals surface area contributed by atoms with Gasteiger partial charge in [-0.1, -0.05) is 0 Å². The van der Waals surface area contributed by atoms with E-state index in [2.05, 4.69) is 15.6 Å². The number of rotatable bonds is 5. The molecule has 0 atom stereocenters.